The minimum atomic E-state index is 1.06. The van der Waals surface area contributed by atoms with Gasteiger partial charge in [-0.05, 0) is 36.0 Å². The van der Waals surface area contributed by atoms with Gasteiger partial charge in [0.2, 0.25) is 0 Å². The van der Waals surface area contributed by atoms with Crippen molar-refractivity contribution in [3.63, 3.8) is 0 Å². The molecule has 0 aliphatic rings. The molecular weight excluding hydrogens is 292 g/mol. The number of pyridine rings is 1. The first kappa shape index (κ1) is 16.4. The second kappa shape index (κ2) is 7.89. The second-order valence-electron chi connectivity index (χ2n) is 6.43. The molecule has 0 fully saturated rings. The Labute approximate surface area is 144 Å². The zero-order chi connectivity index (χ0) is 16.8. The first-order valence-corrected chi connectivity index (χ1v) is 8.52. The van der Waals surface area contributed by atoms with Gasteiger partial charge in [0.05, 0.1) is 0 Å². The number of nitrogens with zero attached hydrogens (tertiary/aromatic N) is 2. The van der Waals surface area contributed by atoms with Crippen LogP contribution < -0.4 is 4.57 Å². The normalized spacial score (nSPS) is 11.6. The van der Waals surface area contributed by atoms with Crippen molar-refractivity contribution in [1.29, 1.82) is 0 Å². The molecule has 0 saturated carbocycles. The van der Waals surface area contributed by atoms with Gasteiger partial charge in [-0.15, -0.1) is 0 Å². The maximum atomic E-state index is 2.25. The molecule has 2 heteroatoms. The Hall–Kier alpha value is -2.45. The van der Waals surface area contributed by atoms with E-state index in [-0.39, 0.29) is 0 Å². The van der Waals surface area contributed by atoms with E-state index >= 15 is 0 Å². The van der Waals surface area contributed by atoms with Crippen LogP contribution in [0.4, 0.5) is 0 Å². The number of benzene rings is 2. The Morgan fingerprint density at radius 2 is 1.62 bits per heavy atom. The van der Waals surface area contributed by atoms with Gasteiger partial charge in [0.15, 0.2) is 12.4 Å². The molecule has 0 bridgehead atoms. The Morgan fingerprint density at radius 1 is 0.875 bits per heavy atom. The summed E-state index contributed by atoms with van der Waals surface area (Å²) in [5.74, 6) is 0. The summed E-state index contributed by atoms with van der Waals surface area (Å²) in [4.78, 5) is 2.22. The van der Waals surface area contributed by atoms with Crippen molar-refractivity contribution >= 4 is 22.9 Å². The number of hydrogen-bond acceptors (Lipinski definition) is 1. The Balaban J connectivity index is 1.70. The summed E-state index contributed by atoms with van der Waals surface area (Å²) in [6.07, 6.45) is 9.89. The van der Waals surface area contributed by atoms with Crippen LogP contribution in [0.1, 0.15) is 17.5 Å². The highest BCUT2D eigenvalue weighted by Gasteiger charge is 2.01. The molecular formula is C22H25N2+. The van der Waals surface area contributed by atoms with E-state index in [0.29, 0.717) is 0 Å². The SMILES string of the molecule is CN(C)CCC[n+]1ccc(/C=C/c2cccc3ccccc23)cc1. The zero-order valence-electron chi connectivity index (χ0n) is 14.5. The van der Waals surface area contributed by atoms with Crippen LogP contribution in [-0.4, -0.2) is 25.5 Å². The van der Waals surface area contributed by atoms with Crippen molar-refractivity contribution < 1.29 is 4.57 Å². The van der Waals surface area contributed by atoms with Crippen molar-refractivity contribution in [1.82, 2.24) is 4.90 Å². The van der Waals surface area contributed by atoms with Gasteiger partial charge in [-0.2, -0.15) is 0 Å². The van der Waals surface area contributed by atoms with Gasteiger partial charge in [-0.25, -0.2) is 4.57 Å². The monoisotopic (exact) mass is 317 g/mol. The number of hydrogen-bond donors (Lipinski definition) is 0. The average Bonchev–Trinajstić information content (AvgIpc) is 2.61. The third kappa shape index (κ3) is 4.30. The van der Waals surface area contributed by atoms with Crippen molar-refractivity contribution in [3.05, 3.63) is 78.1 Å². The van der Waals surface area contributed by atoms with E-state index in [0.717, 1.165) is 13.1 Å². The summed E-state index contributed by atoms with van der Waals surface area (Å²) in [7, 11) is 4.23. The fourth-order valence-electron chi connectivity index (χ4n) is 2.88. The van der Waals surface area contributed by atoms with Crippen LogP contribution in [0.2, 0.25) is 0 Å². The molecule has 0 unspecified atom stereocenters. The lowest BCUT2D eigenvalue weighted by Crippen LogP contribution is -2.34. The fraction of sp³-hybridized carbons (Fsp3) is 0.227. The van der Waals surface area contributed by atoms with Gasteiger partial charge in [-0.1, -0.05) is 54.6 Å². The Bertz CT molecular complexity index is 812. The molecule has 1 aromatic heterocycles. The van der Waals surface area contributed by atoms with Gasteiger partial charge < -0.3 is 4.90 Å². The molecule has 0 saturated heterocycles. The van der Waals surface area contributed by atoms with Crippen LogP contribution in [0.15, 0.2) is 67.0 Å². The lowest BCUT2D eigenvalue weighted by molar-refractivity contribution is -0.697. The average molecular weight is 317 g/mol. The topological polar surface area (TPSA) is 7.12 Å². The van der Waals surface area contributed by atoms with E-state index in [1.165, 1.54) is 28.3 Å². The minimum absolute atomic E-state index is 1.06. The lowest BCUT2D eigenvalue weighted by Gasteiger charge is -2.06. The highest BCUT2D eigenvalue weighted by atomic mass is 15.1. The molecule has 0 aliphatic heterocycles. The molecule has 3 aromatic rings. The van der Waals surface area contributed by atoms with Crippen LogP contribution in [0.5, 0.6) is 0 Å². The molecule has 122 valence electrons. The van der Waals surface area contributed by atoms with Crippen LogP contribution >= 0.6 is 0 Å². The predicted molar refractivity (Wildman–Crippen MR) is 103 cm³/mol. The third-order valence-electron chi connectivity index (χ3n) is 4.22. The second-order valence-corrected chi connectivity index (χ2v) is 6.43. The molecule has 0 atom stereocenters. The van der Waals surface area contributed by atoms with Gasteiger partial charge >= 0.3 is 0 Å². The van der Waals surface area contributed by atoms with Crippen LogP contribution in [-0.2, 0) is 6.54 Å². The summed E-state index contributed by atoms with van der Waals surface area (Å²) in [6, 6.07) is 19.3. The van der Waals surface area contributed by atoms with Gasteiger partial charge in [0.1, 0.15) is 6.54 Å². The van der Waals surface area contributed by atoms with Crippen LogP contribution in [0.25, 0.3) is 22.9 Å². The molecule has 0 aliphatic carbocycles. The van der Waals surface area contributed by atoms with E-state index < -0.39 is 0 Å². The molecule has 0 radical (unpaired) electrons. The number of rotatable bonds is 6. The Kier molecular flexibility index (Phi) is 5.39. The van der Waals surface area contributed by atoms with Crippen LogP contribution in [0, 0.1) is 0 Å². The lowest BCUT2D eigenvalue weighted by atomic mass is 10.0. The molecule has 0 N–H and O–H groups in total. The van der Waals surface area contributed by atoms with E-state index in [1.54, 1.807) is 0 Å². The van der Waals surface area contributed by atoms with E-state index in [9.17, 15) is 0 Å². The quantitative estimate of drug-likeness (QED) is 0.617. The number of aryl methyl sites for hydroxylation is 1. The molecule has 2 nitrogen and oxygen atoms in total. The number of aromatic nitrogens is 1. The first-order valence-electron chi connectivity index (χ1n) is 8.52. The summed E-state index contributed by atoms with van der Waals surface area (Å²) >= 11 is 0. The van der Waals surface area contributed by atoms with Gasteiger partial charge in [-0.3, -0.25) is 0 Å². The van der Waals surface area contributed by atoms with Gasteiger partial charge in [0.25, 0.3) is 0 Å². The fourth-order valence-corrected chi connectivity index (χ4v) is 2.88. The molecule has 0 amide bonds. The maximum Gasteiger partial charge on any atom is 0.169 e. The maximum absolute atomic E-state index is 2.25. The van der Waals surface area contributed by atoms with Crippen molar-refractivity contribution in [3.8, 4) is 0 Å². The molecule has 24 heavy (non-hydrogen) atoms. The molecule has 1 heterocycles. The molecule has 3 rings (SSSR count). The predicted octanol–water partition coefficient (Wildman–Crippen LogP) is 4.25. The summed E-state index contributed by atoms with van der Waals surface area (Å²) < 4.78 is 2.25. The third-order valence-corrected chi connectivity index (χ3v) is 4.22. The summed E-state index contributed by atoms with van der Waals surface area (Å²) in [5, 5.41) is 2.58. The van der Waals surface area contributed by atoms with Crippen LogP contribution in [0.3, 0.4) is 0 Å². The molecule has 2 aromatic carbocycles. The zero-order valence-corrected chi connectivity index (χ0v) is 14.5. The van der Waals surface area contributed by atoms with E-state index in [4.69, 9.17) is 0 Å². The largest absolute Gasteiger partial charge is 0.309 e. The highest BCUT2D eigenvalue weighted by Crippen LogP contribution is 2.20. The highest BCUT2D eigenvalue weighted by molar-refractivity contribution is 5.92. The number of fused-ring (bicyclic) bond motifs is 1. The first-order chi connectivity index (χ1) is 11.7. The van der Waals surface area contributed by atoms with Crippen molar-refractivity contribution in [2.24, 2.45) is 0 Å². The van der Waals surface area contributed by atoms with Crippen molar-refractivity contribution in [2.45, 2.75) is 13.0 Å². The molecule has 0 spiro atoms. The standard InChI is InChI=1S/C22H25N2/c1-23(2)15-6-16-24-17-13-19(14-18-24)11-12-21-9-5-8-20-7-3-4-10-22(20)21/h3-5,7-14,17-18H,6,15-16H2,1-2H3/q+1/b12-11+. The summed E-state index contributed by atoms with van der Waals surface area (Å²) in [5.41, 5.74) is 2.49. The van der Waals surface area contributed by atoms with Gasteiger partial charge in [0, 0.05) is 25.1 Å². The summed E-state index contributed by atoms with van der Waals surface area (Å²) in [6.45, 7) is 2.18. The minimum Gasteiger partial charge on any atom is -0.309 e. The smallest absolute Gasteiger partial charge is 0.169 e. The van der Waals surface area contributed by atoms with Crippen molar-refractivity contribution in [2.75, 3.05) is 20.6 Å². The Morgan fingerprint density at radius 3 is 2.42 bits per heavy atom. The van der Waals surface area contributed by atoms with E-state index in [1.807, 2.05) is 0 Å². The van der Waals surface area contributed by atoms with E-state index in [2.05, 4.69) is 103 Å².